The lowest BCUT2D eigenvalue weighted by atomic mass is 9.79. The van der Waals surface area contributed by atoms with Crippen LogP contribution in [0.25, 0.3) is 0 Å². The van der Waals surface area contributed by atoms with Crippen LogP contribution in [0.1, 0.15) is 52.4 Å². The number of fused-ring (bicyclic) bond motifs is 1. The van der Waals surface area contributed by atoms with E-state index in [0.717, 1.165) is 19.3 Å². The predicted molar refractivity (Wildman–Crippen MR) is 73.2 cm³/mol. The van der Waals surface area contributed by atoms with Gasteiger partial charge in [0.1, 0.15) is 17.5 Å². The molecule has 0 radical (unpaired) electrons. The van der Waals surface area contributed by atoms with E-state index in [2.05, 4.69) is 0 Å². The molecule has 3 rings (SSSR count). The van der Waals surface area contributed by atoms with Crippen LogP contribution in [0.2, 0.25) is 0 Å². The second-order valence-electron chi connectivity index (χ2n) is 6.75. The number of ketones is 1. The van der Waals surface area contributed by atoms with Crippen molar-refractivity contribution < 1.29 is 23.9 Å². The number of carbonyl (C=O) groups is 3. The molecule has 1 heterocycles. The van der Waals surface area contributed by atoms with E-state index in [1.807, 2.05) is 13.8 Å². The molecule has 2 aliphatic carbocycles. The van der Waals surface area contributed by atoms with Crippen LogP contribution >= 0.6 is 0 Å². The highest BCUT2D eigenvalue weighted by Gasteiger charge is 2.70. The van der Waals surface area contributed by atoms with E-state index in [-0.39, 0.29) is 54.4 Å². The van der Waals surface area contributed by atoms with Gasteiger partial charge in [-0.15, -0.1) is 0 Å². The fraction of sp³-hybridized carbons (Fsp3) is 0.812. The molecule has 2 saturated carbocycles. The van der Waals surface area contributed by atoms with Gasteiger partial charge in [-0.2, -0.15) is 0 Å². The van der Waals surface area contributed by atoms with Gasteiger partial charge >= 0.3 is 11.9 Å². The molecule has 3 aliphatic rings. The monoisotopic (exact) mass is 294 g/mol. The molecule has 0 aromatic heterocycles. The lowest BCUT2D eigenvalue weighted by Gasteiger charge is -2.34. The summed E-state index contributed by atoms with van der Waals surface area (Å²) in [6.45, 7) is 3.83. The minimum Gasteiger partial charge on any atom is -0.458 e. The van der Waals surface area contributed by atoms with Gasteiger partial charge < -0.3 is 9.47 Å². The normalized spacial score (nSPS) is 39.4. The van der Waals surface area contributed by atoms with Gasteiger partial charge in [-0.3, -0.25) is 14.4 Å². The van der Waals surface area contributed by atoms with Crippen molar-refractivity contribution in [3.63, 3.8) is 0 Å². The van der Waals surface area contributed by atoms with Crippen LogP contribution in [-0.2, 0) is 23.9 Å². The molecule has 5 heteroatoms. The SMILES string of the molecule is CCCC(=O)CCC(=O)OC1C2CC3C(=O)OC1(C)C3C2. The molecule has 5 unspecified atom stereocenters. The van der Waals surface area contributed by atoms with Crippen molar-refractivity contribution in [3.05, 3.63) is 0 Å². The number of rotatable bonds is 6. The van der Waals surface area contributed by atoms with Gasteiger partial charge in [-0.25, -0.2) is 0 Å². The summed E-state index contributed by atoms with van der Waals surface area (Å²) in [6.07, 6.45) is 3.02. The van der Waals surface area contributed by atoms with Crippen LogP contribution in [0, 0.1) is 17.8 Å². The molecule has 0 N–H and O–H groups in total. The Morgan fingerprint density at radius 1 is 1.29 bits per heavy atom. The Hall–Kier alpha value is -1.39. The number of carbonyl (C=O) groups excluding carboxylic acids is 3. The zero-order valence-electron chi connectivity index (χ0n) is 12.6. The highest BCUT2D eigenvalue weighted by atomic mass is 16.6. The molecule has 21 heavy (non-hydrogen) atoms. The summed E-state index contributed by atoms with van der Waals surface area (Å²) in [5, 5.41) is 0. The van der Waals surface area contributed by atoms with Crippen LogP contribution in [0.4, 0.5) is 0 Å². The van der Waals surface area contributed by atoms with Gasteiger partial charge in [0.2, 0.25) is 0 Å². The number of hydrogen-bond donors (Lipinski definition) is 0. The Labute approximate surface area is 124 Å². The number of Topliss-reactive ketones (excluding diaryl/α,β-unsaturated/α-hetero) is 1. The standard InChI is InChI=1S/C16H22O5/c1-3-4-10(17)5-6-13(18)20-14-9-7-11-12(8-9)16(14,2)21-15(11)19/h9,11-12,14H,3-8H2,1-2H3. The lowest BCUT2D eigenvalue weighted by molar-refractivity contribution is -0.174. The minimum atomic E-state index is -0.645. The third-order valence-corrected chi connectivity index (χ3v) is 5.35. The van der Waals surface area contributed by atoms with Crippen molar-refractivity contribution in [2.75, 3.05) is 0 Å². The van der Waals surface area contributed by atoms with Gasteiger partial charge in [-0.1, -0.05) is 6.92 Å². The minimum absolute atomic E-state index is 0.00100. The van der Waals surface area contributed by atoms with Crippen molar-refractivity contribution in [2.45, 2.75) is 64.1 Å². The fourth-order valence-corrected chi connectivity index (χ4v) is 4.38. The maximum absolute atomic E-state index is 12.0. The topological polar surface area (TPSA) is 69.7 Å². The van der Waals surface area contributed by atoms with Crippen LogP contribution in [0.5, 0.6) is 0 Å². The molecule has 1 saturated heterocycles. The first-order chi connectivity index (χ1) is 9.95. The Morgan fingerprint density at radius 2 is 2.05 bits per heavy atom. The summed E-state index contributed by atoms with van der Waals surface area (Å²) >= 11 is 0. The first-order valence-corrected chi connectivity index (χ1v) is 7.89. The third kappa shape index (κ3) is 2.27. The smallest absolute Gasteiger partial charge is 0.310 e. The number of ether oxygens (including phenoxy) is 2. The van der Waals surface area contributed by atoms with Gasteiger partial charge in [0.15, 0.2) is 0 Å². The fourth-order valence-electron chi connectivity index (χ4n) is 4.38. The molecule has 0 aromatic carbocycles. The first kappa shape index (κ1) is 14.5. The number of esters is 2. The van der Waals surface area contributed by atoms with E-state index >= 15 is 0 Å². The van der Waals surface area contributed by atoms with Crippen LogP contribution in [0.3, 0.4) is 0 Å². The van der Waals surface area contributed by atoms with E-state index in [0.29, 0.717) is 6.42 Å². The Bertz CT molecular complexity index is 485. The Kier molecular flexibility index (Phi) is 3.54. The largest absolute Gasteiger partial charge is 0.458 e. The molecule has 5 atom stereocenters. The van der Waals surface area contributed by atoms with E-state index in [1.54, 1.807) is 0 Å². The molecule has 0 amide bonds. The van der Waals surface area contributed by atoms with Gasteiger partial charge in [-0.05, 0) is 26.2 Å². The molecule has 3 fully saturated rings. The molecule has 1 aliphatic heterocycles. The molecule has 5 nitrogen and oxygen atoms in total. The lowest BCUT2D eigenvalue weighted by Crippen LogP contribution is -2.46. The van der Waals surface area contributed by atoms with Crippen LogP contribution < -0.4 is 0 Å². The second kappa shape index (κ2) is 5.11. The molecule has 0 spiro atoms. The quantitative estimate of drug-likeness (QED) is 0.701. The zero-order valence-corrected chi connectivity index (χ0v) is 12.6. The molecule has 0 aromatic rings. The molecular formula is C16H22O5. The zero-order chi connectivity index (χ0) is 15.2. The summed E-state index contributed by atoms with van der Waals surface area (Å²) in [4.78, 5) is 35.2. The summed E-state index contributed by atoms with van der Waals surface area (Å²) in [5.74, 6) is 0.0303. The highest BCUT2D eigenvalue weighted by Crippen LogP contribution is 2.61. The highest BCUT2D eigenvalue weighted by molar-refractivity contribution is 5.83. The Balaban J connectivity index is 1.58. The Morgan fingerprint density at radius 3 is 2.76 bits per heavy atom. The molecule has 116 valence electrons. The average molecular weight is 294 g/mol. The van der Waals surface area contributed by atoms with Crippen molar-refractivity contribution >= 4 is 17.7 Å². The second-order valence-corrected chi connectivity index (χ2v) is 6.75. The van der Waals surface area contributed by atoms with Crippen molar-refractivity contribution in [1.82, 2.24) is 0 Å². The van der Waals surface area contributed by atoms with Crippen LogP contribution in [0.15, 0.2) is 0 Å². The van der Waals surface area contributed by atoms with Crippen molar-refractivity contribution in [1.29, 1.82) is 0 Å². The first-order valence-electron chi connectivity index (χ1n) is 7.89. The molecule has 2 bridgehead atoms. The van der Waals surface area contributed by atoms with Gasteiger partial charge in [0, 0.05) is 24.7 Å². The summed E-state index contributed by atoms with van der Waals surface area (Å²) in [6, 6.07) is 0. The van der Waals surface area contributed by atoms with Crippen molar-refractivity contribution in [2.24, 2.45) is 17.8 Å². The average Bonchev–Trinajstić information content (AvgIpc) is 3.00. The summed E-state index contributed by atoms with van der Waals surface area (Å²) in [7, 11) is 0. The summed E-state index contributed by atoms with van der Waals surface area (Å²) < 4.78 is 11.1. The van der Waals surface area contributed by atoms with Crippen LogP contribution in [-0.4, -0.2) is 29.4 Å². The van der Waals surface area contributed by atoms with E-state index in [1.165, 1.54) is 0 Å². The number of hydrogen-bond acceptors (Lipinski definition) is 5. The van der Waals surface area contributed by atoms with Gasteiger partial charge in [0.25, 0.3) is 0 Å². The third-order valence-electron chi connectivity index (χ3n) is 5.35. The maximum atomic E-state index is 12.0. The maximum Gasteiger partial charge on any atom is 0.310 e. The van der Waals surface area contributed by atoms with Crippen molar-refractivity contribution in [3.8, 4) is 0 Å². The molecular weight excluding hydrogens is 272 g/mol. The van der Waals surface area contributed by atoms with E-state index in [4.69, 9.17) is 9.47 Å². The summed E-state index contributed by atoms with van der Waals surface area (Å²) in [5.41, 5.74) is -0.645. The van der Waals surface area contributed by atoms with Gasteiger partial charge in [0.05, 0.1) is 12.3 Å². The van der Waals surface area contributed by atoms with E-state index in [9.17, 15) is 14.4 Å². The van der Waals surface area contributed by atoms with E-state index < -0.39 is 5.60 Å². The predicted octanol–water partition coefficient (Wildman–Crippen LogP) is 2.02.